The summed E-state index contributed by atoms with van der Waals surface area (Å²) in [4.78, 5) is 22.8. The Morgan fingerprint density at radius 1 is 1.53 bits per heavy atom. The maximum Gasteiger partial charge on any atom is 0.371 e. The molecule has 3 N–H and O–H groups in total. The van der Waals surface area contributed by atoms with Gasteiger partial charge in [-0.1, -0.05) is 6.92 Å². The minimum atomic E-state index is -1.11. The monoisotopic (exact) mass is 266 g/mol. The van der Waals surface area contributed by atoms with Gasteiger partial charge in [0.15, 0.2) is 0 Å². The van der Waals surface area contributed by atoms with Gasteiger partial charge in [-0.3, -0.25) is 4.79 Å². The van der Waals surface area contributed by atoms with Crippen LogP contribution in [0.1, 0.15) is 42.5 Å². The zero-order chi connectivity index (χ0) is 13.9. The molecule has 19 heavy (non-hydrogen) atoms. The summed E-state index contributed by atoms with van der Waals surface area (Å²) in [6.45, 7) is 3.04. The molecule has 2 rings (SSSR count). The smallest absolute Gasteiger partial charge is 0.371 e. The Hall–Kier alpha value is -1.82. The third kappa shape index (κ3) is 2.78. The quantitative estimate of drug-likeness (QED) is 0.743. The third-order valence-electron chi connectivity index (χ3n) is 3.58. The van der Waals surface area contributed by atoms with Crippen molar-refractivity contribution in [3.63, 3.8) is 0 Å². The number of aromatic carboxylic acids is 1. The minimum Gasteiger partial charge on any atom is -0.475 e. The molecule has 1 aromatic rings. The van der Waals surface area contributed by atoms with Gasteiger partial charge >= 0.3 is 5.97 Å². The van der Waals surface area contributed by atoms with Gasteiger partial charge in [-0.2, -0.15) is 0 Å². The molecule has 0 radical (unpaired) electrons. The first kappa shape index (κ1) is 13.6. The summed E-state index contributed by atoms with van der Waals surface area (Å²) in [6, 6.07) is 2.94. The van der Waals surface area contributed by atoms with E-state index in [9.17, 15) is 9.59 Å². The van der Waals surface area contributed by atoms with Crippen LogP contribution in [0.25, 0.3) is 0 Å². The molecule has 1 amide bonds. The Morgan fingerprint density at radius 2 is 2.32 bits per heavy atom. The highest BCUT2D eigenvalue weighted by molar-refractivity contribution is 5.86. The fourth-order valence-electron chi connectivity index (χ4n) is 2.39. The number of carbonyl (C=O) groups excluding carboxylic acids is 1. The number of rotatable bonds is 5. The van der Waals surface area contributed by atoms with Gasteiger partial charge < -0.3 is 20.2 Å². The Kier molecular flexibility index (Phi) is 3.90. The molecule has 1 aromatic heterocycles. The molecule has 0 aliphatic carbocycles. The predicted octanol–water partition coefficient (Wildman–Crippen LogP) is 1.13. The van der Waals surface area contributed by atoms with Gasteiger partial charge in [0.2, 0.25) is 11.7 Å². The molecular weight excluding hydrogens is 248 g/mol. The Morgan fingerprint density at radius 3 is 2.84 bits per heavy atom. The number of hydrogen-bond donors (Lipinski definition) is 3. The molecule has 0 bridgehead atoms. The van der Waals surface area contributed by atoms with Crippen LogP contribution >= 0.6 is 0 Å². The molecule has 6 nitrogen and oxygen atoms in total. The van der Waals surface area contributed by atoms with Crippen LogP contribution in [-0.4, -0.2) is 29.1 Å². The van der Waals surface area contributed by atoms with Gasteiger partial charge in [0, 0.05) is 0 Å². The number of hydrogen-bond acceptors (Lipinski definition) is 4. The largest absolute Gasteiger partial charge is 0.475 e. The van der Waals surface area contributed by atoms with E-state index in [-0.39, 0.29) is 18.2 Å². The summed E-state index contributed by atoms with van der Waals surface area (Å²) < 4.78 is 5.09. The average molecular weight is 266 g/mol. The molecule has 0 aromatic carbocycles. The maximum atomic E-state index is 12.2. The molecule has 1 aliphatic heterocycles. The summed E-state index contributed by atoms with van der Waals surface area (Å²) in [7, 11) is 0. The summed E-state index contributed by atoms with van der Waals surface area (Å²) >= 11 is 0. The molecule has 1 fully saturated rings. The van der Waals surface area contributed by atoms with Crippen LogP contribution in [0.2, 0.25) is 0 Å². The normalized spacial score (nSPS) is 22.4. The van der Waals surface area contributed by atoms with Crippen molar-refractivity contribution in [3.05, 3.63) is 23.7 Å². The van der Waals surface area contributed by atoms with Gasteiger partial charge in [0.25, 0.3) is 0 Å². The molecule has 1 aliphatic rings. The van der Waals surface area contributed by atoms with Crippen molar-refractivity contribution in [1.82, 2.24) is 10.6 Å². The van der Waals surface area contributed by atoms with E-state index in [4.69, 9.17) is 9.52 Å². The van der Waals surface area contributed by atoms with Crippen molar-refractivity contribution in [2.45, 2.75) is 38.3 Å². The van der Waals surface area contributed by atoms with Crippen LogP contribution in [0.15, 0.2) is 16.5 Å². The predicted molar refractivity (Wildman–Crippen MR) is 67.8 cm³/mol. The van der Waals surface area contributed by atoms with Gasteiger partial charge in [-0.05, 0) is 37.9 Å². The number of carboxylic acid groups (broad SMARTS) is 1. The first-order valence-corrected chi connectivity index (χ1v) is 6.43. The van der Waals surface area contributed by atoms with E-state index in [2.05, 4.69) is 10.6 Å². The van der Waals surface area contributed by atoms with E-state index < -0.39 is 11.5 Å². The molecule has 6 heteroatoms. The summed E-state index contributed by atoms with van der Waals surface area (Å²) in [6.07, 6.45) is 2.55. The van der Waals surface area contributed by atoms with Crippen molar-refractivity contribution in [2.75, 3.05) is 6.54 Å². The fraction of sp³-hybridized carbons (Fsp3) is 0.538. The first-order valence-electron chi connectivity index (χ1n) is 6.43. The Bertz CT molecular complexity index is 475. The Balaban J connectivity index is 1.94. The van der Waals surface area contributed by atoms with Gasteiger partial charge in [0.05, 0.1) is 12.1 Å². The van der Waals surface area contributed by atoms with E-state index in [1.54, 1.807) is 6.07 Å². The molecular formula is C13H18N2O4. The zero-order valence-electron chi connectivity index (χ0n) is 10.9. The summed E-state index contributed by atoms with van der Waals surface area (Å²) in [5, 5.41) is 14.8. The zero-order valence-corrected chi connectivity index (χ0v) is 10.9. The highest BCUT2D eigenvalue weighted by Gasteiger charge is 2.38. The molecule has 2 heterocycles. The molecule has 0 saturated carbocycles. The van der Waals surface area contributed by atoms with E-state index >= 15 is 0 Å². The highest BCUT2D eigenvalue weighted by atomic mass is 16.4. The van der Waals surface area contributed by atoms with Crippen molar-refractivity contribution in [2.24, 2.45) is 0 Å². The second-order valence-corrected chi connectivity index (χ2v) is 4.72. The van der Waals surface area contributed by atoms with Crippen LogP contribution in [0.3, 0.4) is 0 Å². The molecule has 104 valence electrons. The number of carbonyl (C=O) groups is 2. The molecule has 1 atom stereocenters. The van der Waals surface area contributed by atoms with Crippen LogP contribution in [0.4, 0.5) is 0 Å². The second kappa shape index (κ2) is 5.44. The number of furan rings is 1. The lowest BCUT2D eigenvalue weighted by Crippen LogP contribution is -2.52. The first-order chi connectivity index (χ1) is 9.07. The van der Waals surface area contributed by atoms with Gasteiger partial charge in [0.1, 0.15) is 5.76 Å². The molecule has 1 unspecified atom stereocenters. The average Bonchev–Trinajstić information content (AvgIpc) is 3.05. The minimum absolute atomic E-state index is 0.0548. The lowest BCUT2D eigenvalue weighted by atomic mass is 9.93. The van der Waals surface area contributed by atoms with Crippen LogP contribution in [0.5, 0.6) is 0 Å². The molecule has 1 saturated heterocycles. The lowest BCUT2D eigenvalue weighted by molar-refractivity contribution is -0.127. The standard InChI is InChI=1S/C13H18N2O4/c1-2-13(6-3-7-15-13)12(18)14-8-9-4-5-10(19-9)11(16)17/h4-5,15H,2-3,6-8H2,1H3,(H,14,18)(H,16,17). The van der Waals surface area contributed by atoms with E-state index in [1.165, 1.54) is 6.07 Å². The molecule has 0 spiro atoms. The lowest BCUT2D eigenvalue weighted by Gasteiger charge is -2.26. The van der Waals surface area contributed by atoms with Crippen LogP contribution in [0, 0.1) is 0 Å². The van der Waals surface area contributed by atoms with Gasteiger partial charge in [-0.25, -0.2) is 4.79 Å². The highest BCUT2D eigenvalue weighted by Crippen LogP contribution is 2.23. The van der Waals surface area contributed by atoms with E-state index in [1.807, 2.05) is 6.92 Å². The Labute approximate surface area is 111 Å². The van der Waals surface area contributed by atoms with Crippen molar-refractivity contribution in [1.29, 1.82) is 0 Å². The van der Waals surface area contributed by atoms with E-state index in [0.29, 0.717) is 5.76 Å². The topological polar surface area (TPSA) is 91.6 Å². The van der Waals surface area contributed by atoms with Gasteiger partial charge in [-0.15, -0.1) is 0 Å². The fourth-order valence-corrected chi connectivity index (χ4v) is 2.39. The van der Waals surface area contributed by atoms with Crippen molar-refractivity contribution < 1.29 is 19.1 Å². The number of amides is 1. The van der Waals surface area contributed by atoms with Crippen molar-refractivity contribution in [3.8, 4) is 0 Å². The SMILES string of the molecule is CCC1(C(=O)NCc2ccc(C(=O)O)o2)CCCN1. The third-order valence-corrected chi connectivity index (χ3v) is 3.58. The van der Waals surface area contributed by atoms with Crippen LogP contribution < -0.4 is 10.6 Å². The number of nitrogens with one attached hydrogen (secondary N) is 2. The van der Waals surface area contributed by atoms with E-state index in [0.717, 1.165) is 25.8 Å². The summed E-state index contributed by atoms with van der Waals surface area (Å²) in [5.74, 6) is -0.843. The second-order valence-electron chi connectivity index (χ2n) is 4.72. The number of carboxylic acids is 1. The van der Waals surface area contributed by atoms with Crippen LogP contribution in [-0.2, 0) is 11.3 Å². The summed E-state index contributed by atoms with van der Waals surface area (Å²) in [5.41, 5.74) is -0.484. The maximum absolute atomic E-state index is 12.2. The van der Waals surface area contributed by atoms with Crippen molar-refractivity contribution >= 4 is 11.9 Å².